The lowest BCUT2D eigenvalue weighted by Gasteiger charge is -2.15. The Morgan fingerprint density at radius 2 is 1.85 bits per heavy atom. The Labute approximate surface area is 125 Å². The molecule has 6 heteroatoms. The molecule has 2 rings (SSSR count). The smallest absolute Gasteiger partial charge is 0.356 e. The van der Waals surface area contributed by atoms with Crippen LogP contribution in [0.1, 0.15) is 52.7 Å². The average Bonchev–Trinajstić information content (AvgIpc) is 2.94. The molecule has 20 heavy (non-hydrogen) atoms. The number of carboxylic acids is 1. The Kier molecular flexibility index (Phi) is 3.80. The molecule has 4 nitrogen and oxygen atoms in total. The summed E-state index contributed by atoms with van der Waals surface area (Å²) in [6.45, 7) is 7.72. The molecule has 1 N–H and O–H groups in total. The van der Waals surface area contributed by atoms with E-state index in [0.717, 1.165) is 16.2 Å². The largest absolute Gasteiger partial charge is 0.476 e. The normalized spacial score (nSPS) is 11.6. The van der Waals surface area contributed by atoms with Crippen molar-refractivity contribution < 1.29 is 14.7 Å². The van der Waals surface area contributed by atoms with Crippen LogP contribution in [-0.2, 0) is 5.41 Å². The molecule has 0 bridgehead atoms. The molecule has 0 saturated heterocycles. The number of Topliss-reactive ketones (excluding diaryl/α,β-unsaturated/α-hetero) is 1. The second-order valence-electron chi connectivity index (χ2n) is 5.47. The molecular formula is C14H15NO3S2. The number of rotatable bonds is 3. The number of nitrogens with zero attached hydrogens (tertiary/aromatic N) is 1. The Balaban J connectivity index is 2.49. The Bertz CT molecular complexity index is 645. The van der Waals surface area contributed by atoms with Crippen molar-refractivity contribution in [1.82, 2.24) is 4.98 Å². The predicted molar refractivity (Wildman–Crippen MR) is 81.1 cm³/mol. The number of hydrogen-bond donors (Lipinski definition) is 1. The SMILES string of the molecule is CC(=O)c1sc(-c2ccc(C(C)(C)C)s2)nc1C(=O)O. The first-order valence-electron chi connectivity index (χ1n) is 6.06. The summed E-state index contributed by atoms with van der Waals surface area (Å²) in [7, 11) is 0. The molecular weight excluding hydrogens is 294 g/mol. The van der Waals surface area contributed by atoms with Crippen LogP contribution in [0.4, 0.5) is 0 Å². The third-order valence-electron chi connectivity index (χ3n) is 2.71. The minimum Gasteiger partial charge on any atom is -0.476 e. The van der Waals surface area contributed by atoms with Gasteiger partial charge in [-0.25, -0.2) is 9.78 Å². The summed E-state index contributed by atoms with van der Waals surface area (Å²) in [5, 5.41) is 9.70. The highest BCUT2D eigenvalue weighted by Gasteiger charge is 2.23. The quantitative estimate of drug-likeness (QED) is 0.868. The Hall–Kier alpha value is -1.53. The van der Waals surface area contributed by atoms with Gasteiger partial charge in [0, 0.05) is 11.8 Å². The number of carbonyl (C=O) groups excluding carboxylic acids is 1. The molecule has 106 valence electrons. The second-order valence-corrected chi connectivity index (χ2v) is 7.55. The van der Waals surface area contributed by atoms with Crippen LogP contribution in [0.5, 0.6) is 0 Å². The predicted octanol–water partition coefficient (Wildman–Crippen LogP) is 4.07. The van der Waals surface area contributed by atoms with E-state index in [4.69, 9.17) is 5.11 Å². The van der Waals surface area contributed by atoms with Gasteiger partial charge in [-0.3, -0.25) is 4.79 Å². The van der Waals surface area contributed by atoms with Crippen molar-refractivity contribution in [3.05, 3.63) is 27.6 Å². The topological polar surface area (TPSA) is 67.3 Å². The van der Waals surface area contributed by atoms with Gasteiger partial charge in [0.25, 0.3) is 0 Å². The summed E-state index contributed by atoms with van der Waals surface area (Å²) in [4.78, 5) is 29.0. The van der Waals surface area contributed by atoms with Gasteiger partial charge < -0.3 is 5.11 Å². The van der Waals surface area contributed by atoms with Crippen LogP contribution in [-0.4, -0.2) is 21.8 Å². The number of thiazole rings is 1. The zero-order valence-corrected chi connectivity index (χ0v) is 13.3. The van der Waals surface area contributed by atoms with E-state index in [1.807, 2.05) is 12.1 Å². The first kappa shape index (κ1) is 14.9. The fourth-order valence-corrected chi connectivity index (χ4v) is 3.74. The van der Waals surface area contributed by atoms with Gasteiger partial charge in [0.05, 0.1) is 4.88 Å². The maximum Gasteiger partial charge on any atom is 0.356 e. The molecule has 0 unspecified atom stereocenters. The van der Waals surface area contributed by atoms with Gasteiger partial charge in [0.15, 0.2) is 11.5 Å². The number of hydrogen-bond acceptors (Lipinski definition) is 5. The van der Waals surface area contributed by atoms with Crippen molar-refractivity contribution in [3.63, 3.8) is 0 Å². The monoisotopic (exact) mass is 309 g/mol. The zero-order valence-electron chi connectivity index (χ0n) is 11.7. The summed E-state index contributed by atoms with van der Waals surface area (Å²) < 4.78 is 0. The molecule has 0 saturated carbocycles. The molecule has 0 aliphatic carbocycles. The summed E-state index contributed by atoms with van der Waals surface area (Å²) in [5.41, 5.74) is -0.109. The first-order valence-corrected chi connectivity index (χ1v) is 7.69. The van der Waals surface area contributed by atoms with Crippen LogP contribution >= 0.6 is 22.7 Å². The number of ketones is 1. The van der Waals surface area contributed by atoms with Crippen molar-refractivity contribution in [3.8, 4) is 9.88 Å². The number of aromatic carboxylic acids is 1. The maximum absolute atomic E-state index is 11.5. The average molecular weight is 309 g/mol. The number of carboxylic acid groups (broad SMARTS) is 1. The van der Waals surface area contributed by atoms with Gasteiger partial charge in [-0.1, -0.05) is 20.8 Å². The van der Waals surface area contributed by atoms with E-state index in [1.54, 1.807) is 11.3 Å². The minimum absolute atomic E-state index is 0.0409. The highest BCUT2D eigenvalue weighted by Crippen LogP contribution is 2.37. The van der Waals surface area contributed by atoms with Gasteiger partial charge in [-0.2, -0.15) is 0 Å². The third kappa shape index (κ3) is 2.81. The molecule has 0 aliphatic heterocycles. The van der Waals surface area contributed by atoms with Crippen LogP contribution in [0, 0.1) is 0 Å². The molecule has 0 fully saturated rings. The van der Waals surface area contributed by atoms with Crippen LogP contribution < -0.4 is 0 Å². The molecule has 0 atom stereocenters. The van der Waals surface area contributed by atoms with E-state index in [2.05, 4.69) is 25.8 Å². The van der Waals surface area contributed by atoms with Gasteiger partial charge in [-0.15, -0.1) is 22.7 Å². The minimum atomic E-state index is -1.16. The standard InChI is InChI=1S/C14H15NO3S2/c1-7(16)11-10(13(17)18)15-12(20-11)8-5-6-9(19-8)14(2,3)4/h5-6H,1-4H3,(H,17,18). The van der Waals surface area contributed by atoms with E-state index >= 15 is 0 Å². The maximum atomic E-state index is 11.5. The van der Waals surface area contributed by atoms with E-state index in [1.165, 1.54) is 11.8 Å². The second kappa shape index (κ2) is 5.10. The van der Waals surface area contributed by atoms with E-state index in [9.17, 15) is 9.59 Å². The van der Waals surface area contributed by atoms with Crippen LogP contribution in [0.3, 0.4) is 0 Å². The summed E-state index contributed by atoms with van der Waals surface area (Å²) in [6.07, 6.45) is 0. The molecule has 2 aromatic heterocycles. The molecule has 2 aromatic rings. The molecule has 0 aliphatic rings. The molecule has 0 aromatic carbocycles. The van der Waals surface area contributed by atoms with E-state index in [-0.39, 0.29) is 21.8 Å². The molecule has 2 heterocycles. The highest BCUT2D eigenvalue weighted by atomic mass is 32.1. The third-order valence-corrected chi connectivity index (χ3v) is 5.54. The summed E-state index contributed by atoms with van der Waals surface area (Å²) in [5.74, 6) is -1.43. The van der Waals surface area contributed by atoms with E-state index < -0.39 is 5.97 Å². The van der Waals surface area contributed by atoms with Crippen molar-refractivity contribution in [1.29, 1.82) is 0 Å². The first-order chi connectivity index (χ1) is 9.20. The van der Waals surface area contributed by atoms with Crippen LogP contribution in [0.15, 0.2) is 12.1 Å². The summed E-state index contributed by atoms with van der Waals surface area (Å²) >= 11 is 2.72. The van der Waals surface area contributed by atoms with Gasteiger partial charge in [0.2, 0.25) is 0 Å². The molecule has 0 spiro atoms. The van der Waals surface area contributed by atoms with Crippen molar-refractivity contribution in [2.24, 2.45) is 0 Å². The Morgan fingerprint density at radius 1 is 1.20 bits per heavy atom. The fourth-order valence-electron chi connectivity index (χ4n) is 1.67. The molecule has 0 amide bonds. The fraction of sp³-hybridized carbons (Fsp3) is 0.357. The number of aromatic nitrogens is 1. The van der Waals surface area contributed by atoms with Crippen molar-refractivity contribution >= 4 is 34.4 Å². The lowest BCUT2D eigenvalue weighted by Crippen LogP contribution is -2.07. The lowest BCUT2D eigenvalue weighted by atomic mass is 9.95. The molecule has 0 radical (unpaired) electrons. The lowest BCUT2D eigenvalue weighted by molar-refractivity contribution is 0.0687. The number of carbonyl (C=O) groups is 2. The van der Waals surface area contributed by atoms with Gasteiger partial charge in [0.1, 0.15) is 9.88 Å². The van der Waals surface area contributed by atoms with Gasteiger partial charge >= 0.3 is 5.97 Å². The van der Waals surface area contributed by atoms with Gasteiger partial charge in [-0.05, 0) is 17.5 Å². The van der Waals surface area contributed by atoms with Crippen molar-refractivity contribution in [2.75, 3.05) is 0 Å². The zero-order chi connectivity index (χ0) is 15.1. The number of thiophene rings is 1. The van der Waals surface area contributed by atoms with E-state index in [0.29, 0.717) is 5.01 Å². The van der Waals surface area contributed by atoms with Crippen LogP contribution in [0.2, 0.25) is 0 Å². The Morgan fingerprint density at radius 3 is 2.25 bits per heavy atom. The summed E-state index contributed by atoms with van der Waals surface area (Å²) in [6, 6.07) is 3.95. The highest BCUT2D eigenvalue weighted by molar-refractivity contribution is 7.23. The van der Waals surface area contributed by atoms with Crippen LogP contribution in [0.25, 0.3) is 9.88 Å². The van der Waals surface area contributed by atoms with Crippen molar-refractivity contribution in [2.45, 2.75) is 33.1 Å².